The third-order valence-corrected chi connectivity index (χ3v) is 3.58. The van der Waals surface area contributed by atoms with Crippen LogP contribution in [0, 0.1) is 5.92 Å². The maximum atomic E-state index is 5.76. The lowest BCUT2D eigenvalue weighted by molar-refractivity contribution is 0.227. The molecule has 2 atom stereocenters. The average Bonchev–Trinajstić information content (AvgIpc) is 2.56. The Morgan fingerprint density at radius 1 is 1.14 bits per heavy atom. The predicted molar refractivity (Wildman–Crippen MR) is 94.1 cm³/mol. The van der Waals surface area contributed by atoms with Gasteiger partial charge in [0.2, 0.25) is 0 Å². The summed E-state index contributed by atoms with van der Waals surface area (Å²) in [4.78, 5) is 5.40. The van der Waals surface area contributed by atoms with E-state index < -0.39 is 0 Å². The van der Waals surface area contributed by atoms with E-state index in [2.05, 4.69) is 38.9 Å². The van der Waals surface area contributed by atoms with Gasteiger partial charge in [0.15, 0.2) is 0 Å². The SMILES string of the molecule is C=CC(CC)Oc1ccc(NOC/C=C/CC(C)CC)cc1. The van der Waals surface area contributed by atoms with Crippen molar-refractivity contribution in [2.75, 3.05) is 12.1 Å². The fourth-order valence-electron chi connectivity index (χ4n) is 1.81. The molecule has 0 amide bonds. The van der Waals surface area contributed by atoms with Crippen LogP contribution in [-0.4, -0.2) is 12.7 Å². The minimum absolute atomic E-state index is 0.0608. The summed E-state index contributed by atoms with van der Waals surface area (Å²) in [5.74, 6) is 1.57. The highest BCUT2D eigenvalue weighted by Gasteiger charge is 2.02. The second-order valence-electron chi connectivity index (χ2n) is 5.46. The lowest BCUT2D eigenvalue weighted by Gasteiger charge is -2.13. The van der Waals surface area contributed by atoms with E-state index in [1.165, 1.54) is 6.42 Å². The first kappa shape index (κ1) is 18.3. The number of hydrogen-bond acceptors (Lipinski definition) is 3. The van der Waals surface area contributed by atoms with E-state index in [-0.39, 0.29) is 6.10 Å². The van der Waals surface area contributed by atoms with E-state index in [1.807, 2.05) is 36.4 Å². The third-order valence-electron chi connectivity index (χ3n) is 3.58. The predicted octanol–water partition coefficient (Wildman–Crippen LogP) is 5.37. The molecule has 0 aliphatic heterocycles. The third kappa shape index (κ3) is 7.32. The summed E-state index contributed by atoms with van der Waals surface area (Å²) in [5.41, 5.74) is 3.84. The van der Waals surface area contributed by atoms with Gasteiger partial charge < -0.3 is 4.74 Å². The second-order valence-corrected chi connectivity index (χ2v) is 5.46. The highest BCUT2D eigenvalue weighted by molar-refractivity contribution is 5.44. The Morgan fingerprint density at radius 3 is 2.45 bits per heavy atom. The molecule has 0 saturated carbocycles. The number of hydrogen-bond donors (Lipinski definition) is 1. The van der Waals surface area contributed by atoms with Crippen LogP contribution in [0.4, 0.5) is 5.69 Å². The van der Waals surface area contributed by atoms with Gasteiger partial charge in [0.25, 0.3) is 0 Å². The van der Waals surface area contributed by atoms with E-state index in [9.17, 15) is 0 Å². The molecule has 0 saturated heterocycles. The molecule has 0 spiro atoms. The van der Waals surface area contributed by atoms with Crippen molar-refractivity contribution in [3.8, 4) is 5.75 Å². The Kier molecular flexibility index (Phi) is 9.08. The number of allylic oxidation sites excluding steroid dienone is 1. The molecule has 0 aliphatic carbocycles. The van der Waals surface area contributed by atoms with Crippen LogP contribution in [-0.2, 0) is 4.84 Å². The molecule has 0 aliphatic rings. The van der Waals surface area contributed by atoms with E-state index in [0.717, 1.165) is 30.2 Å². The summed E-state index contributed by atoms with van der Waals surface area (Å²) in [6.45, 7) is 10.9. The standard InChI is InChI=1S/C19H29NO2/c1-5-16(4)10-8-9-15-21-20-17-11-13-19(14-12-17)22-18(6-2)7-3/h6,8-9,11-14,16,18,20H,2,5,7,10,15H2,1,3-4H3/b9-8+. The van der Waals surface area contributed by atoms with Gasteiger partial charge in [-0.1, -0.05) is 52.0 Å². The molecule has 0 aromatic heterocycles. The van der Waals surface area contributed by atoms with Crippen molar-refractivity contribution >= 4 is 5.69 Å². The van der Waals surface area contributed by atoms with Gasteiger partial charge in [-0.05, 0) is 43.0 Å². The Balaban J connectivity index is 2.28. The first-order valence-electron chi connectivity index (χ1n) is 8.11. The maximum absolute atomic E-state index is 5.76. The minimum Gasteiger partial charge on any atom is -0.486 e. The zero-order chi connectivity index (χ0) is 16.2. The van der Waals surface area contributed by atoms with Crippen LogP contribution in [0.5, 0.6) is 5.75 Å². The highest BCUT2D eigenvalue weighted by atomic mass is 16.6. The number of benzene rings is 1. The van der Waals surface area contributed by atoms with Crippen molar-refractivity contribution in [2.24, 2.45) is 5.92 Å². The summed E-state index contributed by atoms with van der Waals surface area (Å²) in [5, 5.41) is 0. The first-order valence-corrected chi connectivity index (χ1v) is 8.11. The Morgan fingerprint density at radius 2 is 1.86 bits per heavy atom. The average molecular weight is 303 g/mol. The van der Waals surface area contributed by atoms with Crippen molar-refractivity contribution in [3.63, 3.8) is 0 Å². The summed E-state index contributed by atoms with van der Waals surface area (Å²) in [6, 6.07) is 7.73. The van der Waals surface area contributed by atoms with Crippen LogP contribution in [0.25, 0.3) is 0 Å². The number of ether oxygens (including phenoxy) is 1. The quantitative estimate of drug-likeness (QED) is 0.339. The van der Waals surface area contributed by atoms with E-state index in [0.29, 0.717) is 6.61 Å². The van der Waals surface area contributed by atoms with E-state index in [4.69, 9.17) is 9.57 Å². The molecule has 0 heterocycles. The fourth-order valence-corrected chi connectivity index (χ4v) is 1.81. The molecule has 22 heavy (non-hydrogen) atoms. The van der Waals surface area contributed by atoms with Gasteiger partial charge in [-0.3, -0.25) is 10.3 Å². The molecule has 0 bridgehead atoms. The molecule has 3 heteroatoms. The maximum Gasteiger partial charge on any atom is 0.120 e. The zero-order valence-electron chi connectivity index (χ0n) is 14.0. The Hall–Kier alpha value is -1.74. The molecule has 1 rings (SSSR count). The number of nitrogens with one attached hydrogen (secondary N) is 1. The minimum atomic E-state index is 0.0608. The van der Waals surface area contributed by atoms with Crippen molar-refractivity contribution in [2.45, 2.75) is 46.1 Å². The van der Waals surface area contributed by atoms with Crippen molar-refractivity contribution < 1.29 is 9.57 Å². The molecule has 0 fully saturated rings. The van der Waals surface area contributed by atoms with Gasteiger partial charge >= 0.3 is 0 Å². The van der Waals surface area contributed by atoms with Gasteiger partial charge in [0.1, 0.15) is 11.9 Å². The van der Waals surface area contributed by atoms with Crippen LogP contribution in [0.1, 0.15) is 40.0 Å². The molecule has 3 nitrogen and oxygen atoms in total. The second kappa shape index (κ2) is 10.9. The summed E-state index contributed by atoms with van der Waals surface area (Å²) in [7, 11) is 0. The van der Waals surface area contributed by atoms with Crippen molar-refractivity contribution in [1.29, 1.82) is 0 Å². The van der Waals surface area contributed by atoms with Gasteiger partial charge in [-0.2, -0.15) is 0 Å². The molecule has 122 valence electrons. The van der Waals surface area contributed by atoms with Crippen molar-refractivity contribution in [1.82, 2.24) is 0 Å². The topological polar surface area (TPSA) is 30.5 Å². The molecule has 2 unspecified atom stereocenters. The summed E-state index contributed by atoms with van der Waals surface area (Å²) in [6.07, 6.45) is 9.33. The molecular weight excluding hydrogens is 274 g/mol. The highest BCUT2D eigenvalue weighted by Crippen LogP contribution is 2.18. The molecule has 1 N–H and O–H groups in total. The van der Waals surface area contributed by atoms with Crippen LogP contribution < -0.4 is 10.2 Å². The first-order chi connectivity index (χ1) is 10.7. The number of anilines is 1. The molecule has 1 aromatic rings. The van der Waals surface area contributed by atoms with Gasteiger partial charge in [-0.15, -0.1) is 0 Å². The Labute approximate surface area is 135 Å². The summed E-state index contributed by atoms with van der Waals surface area (Å²) < 4.78 is 5.76. The largest absolute Gasteiger partial charge is 0.486 e. The fraction of sp³-hybridized carbons (Fsp3) is 0.474. The molecule has 1 aromatic carbocycles. The molecular formula is C19H29NO2. The Bertz CT molecular complexity index is 439. The van der Waals surface area contributed by atoms with E-state index >= 15 is 0 Å². The van der Waals surface area contributed by atoms with Gasteiger partial charge in [0, 0.05) is 0 Å². The van der Waals surface area contributed by atoms with Crippen LogP contribution in [0.2, 0.25) is 0 Å². The molecule has 0 radical (unpaired) electrons. The van der Waals surface area contributed by atoms with E-state index in [1.54, 1.807) is 0 Å². The number of rotatable bonds is 11. The zero-order valence-corrected chi connectivity index (χ0v) is 14.0. The normalized spacial score (nSPS) is 13.8. The lowest BCUT2D eigenvalue weighted by atomic mass is 10.1. The van der Waals surface area contributed by atoms with Crippen LogP contribution in [0.15, 0.2) is 49.1 Å². The van der Waals surface area contributed by atoms with Crippen LogP contribution in [0.3, 0.4) is 0 Å². The smallest absolute Gasteiger partial charge is 0.120 e. The summed E-state index contributed by atoms with van der Waals surface area (Å²) >= 11 is 0. The monoisotopic (exact) mass is 303 g/mol. The lowest BCUT2D eigenvalue weighted by Crippen LogP contribution is -2.11. The van der Waals surface area contributed by atoms with Gasteiger partial charge in [-0.25, -0.2) is 0 Å². The van der Waals surface area contributed by atoms with Crippen LogP contribution >= 0.6 is 0 Å². The van der Waals surface area contributed by atoms with Crippen molar-refractivity contribution in [3.05, 3.63) is 49.1 Å². The van der Waals surface area contributed by atoms with Gasteiger partial charge in [0.05, 0.1) is 12.3 Å².